The first-order valence-electron chi connectivity index (χ1n) is 12.4. The number of halogens is 2. The minimum Gasteiger partial charge on any atom is -0.268 e. The summed E-state index contributed by atoms with van der Waals surface area (Å²) >= 11 is 0. The van der Waals surface area contributed by atoms with Crippen LogP contribution in [0, 0.1) is 17.0 Å². The SMILES string of the molecule is C=S(C)(=O)CCn1cnc(-c2nccc([C@@]34CC[C@@H](c5cc(-c6c(F)cccc6F)nnc53)C4(C)C)n2)n1. The summed E-state index contributed by atoms with van der Waals surface area (Å²) in [6.07, 6.45) is 6.58. The van der Waals surface area contributed by atoms with Gasteiger partial charge in [0.25, 0.3) is 0 Å². The molecule has 6 rings (SSSR count). The number of benzene rings is 1. The van der Waals surface area contributed by atoms with Gasteiger partial charge in [0.1, 0.15) is 18.0 Å². The molecule has 8 nitrogen and oxygen atoms in total. The van der Waals surface area contributed by atoms with Crippen molar-refractivity contribution in [3.8, 4) is 22.9 Å². The Labute approximate surface area is 219 Å². The van der Waals surface area contributed by atoms with E-state index in [4.69, 9.17) is 4.98 Å². The molecule has 11 heteroatoms. The summed E-state index contributed by atoms with van der Waals surface area (Å²) in [5.74, 6) is 3.63. The molecule has 1 aromatic carbocycles. The van der Waals surface area contributed by atoms with E-state index in [-0.39, 0.29) is 22.6 Å². The molecule has 0 amide bonds. The fourth-order valence-corrected chi connectivity index (χ4v) is 6.83. The van der Waals surface area contributed by atoms with Gasteiger partial charge in [-0.15, -0.1) is 10.2 Å². The topological polar surface area (TPSA) is 99.3 Å². The molecule has 4 aromatic rings. The molecular formula is C27H27F2N7OS. The maximum Gasteiger partial charge on any atom is 0.218 e. The molecule has 0 saturated heterocycles. The molecule has 1 fully saturated rings. The first kappa shape index (κ1) is 24.7. The lowest BCUT2D eigenvalue weighted by atomic mass is 9.66. The van der Waals surface area contributed by atoms with Crippen LogP contribution >= 0.6 is 0 Å². The molecule has 0 spiro atoms. The van der Waals surface area contributed by atoms with Crippen molar-refractivity contribution >= 4 is 15.4 Å². The Morgan fingerprint density at radius 1 is 1.13 bits per heavy atom. The number of aromatic nitrogens is 7. The number of hydrogen-bond acceptors (Lipinski definition) is 7. The van der Waals surface area contributed by atoms with Crippen LogP contribution in [0.4, 0.5) is 8.78 Å². The number of fused-ring (bicyclic) bond motifs is 5. The number of aryl methyl sites for hydroxylation is 1. The summed E-state index contributed by atoms with van der Waals surface area (Å²) in [4.78, 5) is 13.7. The van der Waals surface area contributed by atoms with Crippen LogP contribution in [0.15, 0.2) is 42.9 Å². The van der Waals surface area contributed by atoms with Gasteiger partial charge < -0.3 is 0 Å². The predicted octanol–water partition coefficient (Wildman–Crippen LogP) is 4.02. The maximum atomic E-state index is 14.5. The normalized spacial score (nSPS) is 22.8. The zero-order valence-corrected chi connectivity index (χ0v) is 22.2. The van der Waals surface area contributed by atoms with Gasteiger partial charge >= 0.3 is 0 Å². The van der Waals surface area contributed by atoms with Crippen LogP contribution in [0.5, 0.6) is 0 Å². The van der Waals surface area contributed by atoms with Crippen LogP contribution < -0.4 is 0 Å². The second-order valence-corrected chi connectivity index (χ2v) is 13.6. The molecule has 2 aliphatic carbocycles. The third kappa shape index (κ3) is 3.66. The first-order valence-corrected chi connectivity index (χ1v) is 14.7. The quantitative estimate of drug-likeness (QED) is 0.344. The average Bonchev–Trinajstić information content (AvgIpc) is 3.50. The highest BCUT2D eigenvalue weighted by Gasteiger charge is 2.65. The number of nitrogens with zero attached hydrogens (tertiary/aromatic N) is 7. The molecule has 196 valence electrons. The van der Waals surface area contributed by atoms with Gasteiger partial charge in [0.15, 0.2) is 5.82 Å². The molecule has 2 bridgehead atoms. The van der Waals surface area contributed by atoms with E-state index < -0.39 is 26.6 Å². The molecule has 1 unspecified atom stereocenters. The molecule has 0 N–H and O–H groups in total. The predicted molar refractivity (Wildman–Crippen MR) is 141 cm³/mol. The molecule has 0 aliphatic heterocycles. The molecule has 1 saturated carbocycles. The molecule has 2 aliphatic rings. The Morgan fingerprint density at radius 2 is 1.89 bits per heavy atom. The zero-order chi connectivity index (χ0) is 26.9. The largest absolute Gasteiger partial charge is 0.268 e. The third-order valence-corrected chi connectivity index (χ3v) is 9.23. The van der Waals surface area contributed by atoms with Crippen molar-refractivity contribution < 1.29 is 13.0 Å². The van der Waals surface area contributed by atoms with Crippen molar-refractivity contribution in [3.05, 3.63) is 71.4 Å². The fraction of sp³-hybridized carbons (Fsp3) is 0.370. The van der Waals surface area contributed by atoms with Crippen LogP contribution in [0.2, 0.25) is 0 Å². The van der Waals surface area contributed by atoms with Gasteiger partial charge in [-0.05, 0) is 69.4 Å². The second-order valence-electron chi connectivity index (χ2n) is 10.8. The highest BCUT2D eigenvalue weighted by atomic mass is 32.2. The van der Waals surface area contributed by atoms with Crippen molar-refractivity contribution in [1.82, 2.24) is 34.9 Å². The van der Waals surface area contributed by atoms with Crippen molar-refractivity contribution in [1.29, 1.82) is 0 Å². The number of hydrogen-bond donors (Lipinski definition) is 0. The molecule has 3 atom stereocenters. The molecular weight excluding hydrogens is 508 g/mol. The Kier molecular flexibility index (Phi) is 5.50. The summed E-state index contributed by atoms with van der Waals surface area (Å²) in [6.45, 7) is 4.80. The lowest BCUT2D eigenvalue weighted by Gasteiger charge is -2.37. The second kappa shape index (κ2) is 8.45. The maximum absolute atomic E-state index is 14.5. The summed E-state index contributed by atoms with van der Waals surface area (Å²) < 4.78 is 42.6. The lowest BCUT2D eigenvalue weighted by Crippen LogP contribution is -2.38. The smallest absolute Gasteiger partial charge is 0.218 e. The summed E-state index contributed by atoms with van der Waals surface area (Å²) in [5.41, 5.74) is 1.73. The molecule has 0 radical (unpaired) electrons. The highest BCUT2D eigenvalue weighted by Crippen LogP contribution is 2.69. The van der Waals surface area contributed by atoms with Gasteiger partial charge in [-0.2, -0.15) is 5.10 Å². The van der Waals surface area contributed by atoms with E-state index in [0.29, 0.717) is 23.9 Å². The fourth-order valence-electron chi connectivity index (χ4n) is 6.25. The Morgan fingerprint density at radius 3 is 2.63 bits per heavy atom. The minimum absolute atomic E-state index is 0.129. The standard InChI is InChI=1S/C27H27F2N7OS/c1-26(2)17-8-10-27(26,23-16(17)14-20(33-34-23)22-18(28)6-5-7-19(22)29)21-9-11-30-24(32-21)25-31-15-36(35-25)12-13-38(3,4)37/h5-7,9,11,14-15,17H,3,8,10,12-13H2,1-2,4H3/t17-,27-,38?/m0/s1. The van der Waals surface area contributed by atoms with Crippen molar-refractivity contribution in [2.24, 2.45) is 5.41 Å². The van der Waals surface area contributed by atoms with Crippen LogP contribution in [-0.4, -0.2) is 57.0 Å². The van der Waals surface area contributed by atoms with Crippen LogP contribution in [0.3, 0.4) is 0 Å². The van der Waals surface area contributed by atoms with E-state index in [1.54, 1.807) is 29.5 Å². The molecule has 3 aromatic heterocycles. The van der Waals surface area contributed by atoms with Crippen LogP contribution in [-0.2, 0) is 21.5 Å². The van der Waals surface area contributed by atoms with Crippen LogP contribution in [0.25, 0.3) is 22.9 Å². The Bertz CT molecular complexity index is 1660. The lowest BCUT2D eigenvalue weighted by molar-refractivity contribution is 0.243. The Hall–Kier alpha value is -3.60. The van der Waals surface area contributed by atoms with E-state index >= 15 is 0 Å². The van der Waals surface area contributed by atoms with Gasteiger partial charge in [0.05, 0.1) is 34.6 Å². The van der Waals surface area contributed by atoms with E-state index in [9.17, 15) is 13.0 Å². The third-order valence-electron chi connectivity index (χ3n) is 8.18. The van der Waals surface area contributed by atoms with E-state index in [0.717, 1.165) is 29.8 Å². The van der Waals surface area contributed by atoms with Gasteiger partial charge in [-0.1, -0.05) is 19.9 Å². The summed E-state index contributed by atoms with van der Waals surface area (Å²) in [5, 5.41) is 13.4. The zero-order valence-electron chi connectivity index (χ0n) is 21.4. The van der Waals surface area contributed by atoms with Gasteiger partial charge in [0, 0.05) is 18.2 Å². The summed E-state index contributed by atoms with van der Waals surface area (Å²) in [6, 6.07) is 7.46. The van der Waals surface area contributed by atoms with Crippen molar-refractivity contribution in [3.63, 3.8) is 0 Å². The monoisotopic (exact) mass is 535 g/mol. The average molecular weight is 536 g/mol. The van der Waals surface area contributed by atoms with Crippen LogP contribution in [0.1, 0.15) is 49.6 Å². The van der Waals surface area contributed by atoms with E-state index in [1.807, 2.05) is 6.07 Å². The minimum atomic E-state index is -2.14. The van der Waals surface area contributed by atoms with E-state index in [1.165, 1.54) is 18.2 Å². The molecule has 3 heterocycles. The van der Waals surface area contributed by atoms with Crippen molar-refractivity contribution in [2.75, 3.05) is 12.0 Å². The van der Waals surface area contributed by atoms with Crippen molar-refractivity contribution in [2.45, 2.75) is 44.6 Å². The Balaban J connectivity index is 1.41. The molecule has 38 heavy (non-hydrogen) atoms. The van der Waals surface area contributed by atoms with Gasteiger partial charge in [-0.25, -0.2) is 23.7 Å². The summed E-state index contributed by atoms with van der Waals surface area (Å²) in [7, 11) is -2.14. The number of rotatable bonds is 6. The van der Waals surface area contributed by atoms with Gasteiger partial charge in [0.2, 0.25) is 5.82 Å². The van der Waals surface area contributed by atoms with E-state index in [2.05, 4.69) is 45.0 Å². The first-order chi connectivity index (χ1) is 18.0. The van der Waals surface area contributed by atoms with Gasteiger partial charge in [-0.3, -0.25) is 8.89 Å². The highest BCUT2D eigenvalue weighted by molar-refractivity contribution is 7.99.